The number of fused-ring (bicyclic) bond motifs is 1. The Bertz CT molecular complexity index is 1490. The van der Waals surface area contributed by atoms with Gasteiger partial charge in [0.05, 0.1) is 40.1 Å². The van der Waals surface area contributed by atoms with Crippen LogP contribution in [0.5, 0.6) is 0 Å². The lowest BCUT2D eigenvalue weighted by Crippen LogP contribution is -2.57. The molecule has 3 heterocycles. The van der Waals surface area contributed by atoms with Crippen molar-refractivity contribution >= 4 is 51.8 Å². The van der Waals surface area contributed by atoms with Crippen LogP contribution in [0.1, 0.15) is 45.1 Å². The maximum atomic E-state index is 13.9. The lowest BCUT2D eigenvalue weighted by molar-refractivity contribution is 0.0231. The summed E-state index contributed by atoms with van der Waals surface area (Å²) in [5.74, 6) is 0.521. The van der Waals surface area contributed by atoms with Crippen molar-refractivity contribution in [3.63, 3.8) is 0 Å². The number of piperazine rings is 1. The highest BCUT2D eigenvalue weighted by Crippen LogP contribution is 2.29. The van der Waals surface area contributed by atoms with Crippen LogP contribution in [0.3, 0.4) is 0 Å². The van der Waals surface area contributed by atoms with Crippen LogP contribution in [-0.2, 0) is 4.74 Å². The Hall–Kier alpha value is -3.82. The Balaban J connectivity index is 1.75. The van der Waals surface area contributed by atoms with Crippen LogP contribution in [0.15, 0.2) is 23.3 Å². The van der Waals surface area contributed by atoms with Crippen LogP contribution in [0.25, 0.3) is 10.9 Å². The number of rotatable bonds is 4. The molecule has 1 amide bonds. The van der Waals surface area contributed by atoms with Crippen molar-refractivity contribution < 1.29 is 9.53 Å². The predicted molar refractivity (Wildman–Crippen MR) is 145 cm³/mol. The van der Waals surface area contributed by atoms with Gasteiger partial charge in [0.1, 0.15) is 35.2 Å². The zero-order valence-corrected chi connectivity index (χ0v) is 22.8. The summed E-state index contributed by atoms with van der Waals surface area (Å²) in [5.41, 5.74) is 5.12. The normalized spacial score (nSPS) is 14.8. The molecule has 0 radical (unpaired) electrons. The third-order valence-corrected chi connectivity index (χ3v) is 6.47. The monoisotopic (exact) mass is 559 g/mol. The molecule has 1 aliphatic heterocycles. The van der Waals surface area contributed by atoms with Gasteiger partial charge in [-0.25, -0.2) is 24.4 Å². The summed E-state index contributed by atoms with van der Waals surface area (Å²) in [5, 5.41) is 15.1. The molecular weight excluding hydrogens is 533 g/mol. The summed E-state index contributed by atoms with van der Waals surface area (Å²) in [7, 11) is 0. The summed E-state index contributed by atoms with van der Waals surface area (Å²) in [4.78, 5) is 40.7. The molecule has 38 heavy (non-hydrogen) atoms. The highest BCUT2D eigenvalue weighted by atomic mass is 35.5. The van der Waals surface area contributed by atoms with Gasteiger partial charge in [-0.2, -0.15) is 5.26 Å². The molecule has 3 aromatic rings. The van der Waals surface area contributed by atoms with Gasteiger partial charge in [-0.3, -0.25) is 4.79 Å². The molecule has 0 bridgehead atoms. The highest BCUT2D eigenvalue weighted by Gasteiger charge is 2.30. The maximum Gasteiger partial charge on any atom is 0.410 e. The van der Waals surface area contributed by atoms with Crippen molar-refractivity contribution in [3.05, 3.63) is 50.2 Å². The number of ether oxygens (including phenoxy) is 1. The van der Waals surface area contributed by atoms with E-state index in [1.807, 2.05) is 6.07 Å². The molecule has 1 fully saturated rings. The number of anilines is 2. The van der Waals surface area contributed by atoms with Crippen LogP contribution < -0.4 is 21.6 Å². The number of nitrogens with zero attached hydrogens (tertiary/aromatic N) is 7. The van der Waals surface area contributed by atoms with Gasteiger partial charge >= 0.3 is 6.09 Å². The van der Waals surface area contributed by atoms with Crippen LogP contribution in [-0.4, -0.2) is 62.4 Å². The molecule has 14 heteroatoms. The minimum Gasteiger partial charge on any atom is -0.444 e. The second-order valence-corrected chi connectivity index (χ2v) is 10.5. The van der Waals surface area contributed by atoms with E-state index in [-0.39, 0.29) is 38.1 Å². The Morgan fingerprint density at radius 1 is 1.18 bits per heavy atom. The fourth-order valence-corrected chi connectivity index (χ4v) is 4.51. The van der Waals surface area contributed by atoms with Gasteiger partial charge in [-0.1, -0.05) is 23.2 Å². The molecule has 0 unspecified atom stereocenters. The minimum atomic E-state index is -0.632. The molecule has 4 rings (SSSR count). The summed E-state index contributed by atoms with van der Waals surface area (Å²) in [6.07, 6.45) is 0.815. The molecule has 0 aliphatic carbocycles. The van der Waals surface area contributed by atoms with Gasteiger partial charge < -0.3 is 25.7 Å². The van der Waals surface area contributed by atoms with E-state index in [2.05, 4.69) is 15.3 Å². The summed E-state index contributed by atoms with van der Waals surface area (Å²) >= 11 is 12.8. The molecule has 0 spiro atoms. The van der Waals surface area contributed by atoms with Crippen molar-refractivity contribution in [2.45, 2.75) is 39.3 Å². The van der Waals surface area contributed by atoms with Crippen molar-refractivity contribution in [3.8, 4) is 6.07 Å². The van der Waals surface area contributed by atoms with E-state index in [9.17, 15) is 14.9 Å². The van der Waals surface area contributed by atoms with E-state index in [0.29, 0.717) is 32.0 Å². The number of amides is 1. The van der Waals surface area contributed by atoms with E-state index >= 15 is 0 Å². The van der Waals surface area contributed by atoms with E-state index in [4.69, 9.17) is 38.7 Å². The summed E-state index contributed by atoms with van der Waals surface area (Å²) in [6.45, 7) is 8.48. The lowest BCUT2D eigenvalue weighted by atomic mass is 10.2. The first-order valence-electron chi connectivity index (χ1n) is 11.8. The Morgan fingerprint density at radius 3 is 2.47 bits per heavy atom. The van der Waals surface area contributed by atoms with Crippen molar-refractivity contribution in [2.75, 3.05) is 42.2 Å². The molecule has 1 atom stereocenters. The first-order chi connectivity index (χ1) is 17.9. The molecule has 2 aromatic heterocycles. The van der Waals surface area contributed by atoms with Crippen LogP contribution >= 0.6 is 23.2 Å². The highest BCUT2D eigenvalue weighted by molar-refractivity contribution is 6.39. The van der Waals surface area contributed by atoms with Crippen LogP contribution in [0, 0.1) is 11.3 Å². The number of halogens is 2. The summed E-state index contributed by atoms with van der Waals surface area (Å²) < 4.78 is 6.92. The molecule has 1 saturated heterocycles. The fraction of sp³-hybridized carbons (Fsp3) is 0.417. The number of carbonyl (C=O) groups excluding carboxylic acids is 1. The van der Waals surface area contributed by atoms with Crippen molar-refractivity contribution in [1.82, 2.24) is 24.5 Å². The summed E-state index contributed by atoms with van der Waals surface area (Å²) in [6, 6.07) is 4.47. The van der Waals surface area contributed by atoms with Crippen molar-refractivity contribution in [2.24, 2.45) is 0 Å². The standard InChI is InChI=1S/C24H27Cl2N9O3/c1-13(31-20-14(11-27)19(28)29-12-30-20)21-32-18-16(26)6-5-15(25)17(18)22(36)35(21)34-9-7-33(8-10-34)23(37)38-24(2,3)4/h5-6,12-13H,7-10H2,1-4H3,(H3,28,29,30,31)/t13-/m0/s1. The SMILES string of the molecule is C[C@H](Nc1ncnc(N)c1C#N)c1nc2c(Cl)ccc(Cl)c2c(=O)n1N1CCN(C(=O)OC(C)(C)C)CC1. The van der Waals surface area contributed by atoms with Gasteiger partial charge in [0.15, 0.2) is 5.82 Å². The second kappa shape index (κ2) is 10.5. The first kappa shape index (κ1) is 27.2. The third-order valence-electron chi connectivity index (χ3n) is 5.85. The number of nitriles is 1. The molecule has 3 N–H and O–H groups in total. The number of hydrogen-bond acceptors (Lipinski definition) is 10. The number of nitrogen functional groups attached to an aromatic ring is 1. The van der Waals surface area contributed by atoms with Crippen LogP contribution in [0.4, 0.5) is 16.4 Å². The van der Waals surface area contributed by atoms with Gasteiger partial charge in [-0.05, 0) is 39.8 Å². The number of nitrogens with one attached hydrogen (secondary N) is 1. The Kier molecular flexibility index (Phi) is 7.53. The average molecular weight is 560 g/mol. The number of aromatic nitrogens is 4. The predicted octanol–water partition coefficient (Wildman–Crippen LogP) is 3.31. The number of hydrogen-bond donors (Lipinski definition) is 2. The largest absolute Gasteiger partial charge is 0.444 e. The molecule has 12 nitrogen and oxygen atoms in total. The van der Waals surface area contributed by atoms with E-state index in [1.54, 1.807) is 49.7 Å². The molecule has 1 aliphatic rings. The molecule has 0 saturated carbocycles. The topological polar surface area (TPSA) is 155 Å². The van der Waals surface area contributed by atoms with E-state index in [0.717, 1.165) is 0 Å². The zero-order valence-electron chi connectivity index (χ0n) is 21.3. The average Bonchev–Trinajstić information content (AvgIpc) is 2.85. The molecule has 1 aromatic carbocycles. The van der Waals surface area contributed by atoms with Crippen molar-refractivity contribution in [1.29, 1.82) is 5.26 Å². The number of benzene rings is 1. The maximum absolute atomic E-state index is 13.9. The lowest BCUT2D eigenvalue weighted by Gasteiger charge is -2.38. The zero-order chi connectivity index (χ0) is 27.8. The second-order valence-electron chi connectivity index (χ2n) is 9.72. The van der Waals surface area contributed by atoms with Gasteiger partial charge in [0.2, 0.25) is 0 Å². The number of carbonyl (C=O) groups is 1. The Morgan fingerprint density at radius 2 is 1.84 bits per heavy atom. The van der Waals surface area contributed by atoms with Crippen LogP contribution in [0.2, 0.25) is 10.0 Å². The van der Waals surface area contributed by atoms with E-state index in [1.165, 1.54) is 11.0 Å². The Labute approximate surface area is 228 Å². The van der Waals surface area contributed by atoms with Gasteiger partial charge in [0.25, 0.3) is 5.56 Å². The smallest absolute Gasteiger partial charge is 0.410 e. The van der Waals surface area contributed by atoms with Gasteiger partial charge in [-0.15, -0.1) is 0 Å². The number of nitrogens with two attached hydrogens (primary N) is 1. The fourth-order valence-electron chi connectivity index (χ4n) is 4.07. The molecular formula is C24H27Cl2N9O3. The van der Waals surface area contributed by atoms with E-state index < -0.39 is 23.3 Å². The molecule has 200 valence electrons. The van der Waals surface area contributed by atoms with Gasteiger partial charge in [0, 0.05) is 13.1 Å². The first-order valence-corrected chi connectivity index (χ1v) is 12.6. The quantitative estimate of drug-likeness (QED) is 0.486. The minimum absolute atomic E-state index is 0.0224. The third kappa shape index (κ3) is 5.39.